The molecule has 1 aliphatic carbocycles. The van der Waals surface area contributed by atoms with Crippen molar-refractivity contribution in [2.75, 3.05) is 13.7 Å². The van der Waals surface area contributed by atoms with E-state index in [-0.39, 0.29) is 11.5 Å². The molecule has 3 rings (SSSR count). The molecule has 6 nitrogen and oxygen atoms in total. The molecule has 0 unspecified atom stereocenters. The van der Waals surface area contributed by atoms with E-state index in [2.05, 4.69) is 38.2 Å². The minimum atomic E-state index is -0.816. The number of hydrogen-bond donors (Lipinski definition) is 2. The first-order valence-corrected chi connectivity index (χ1v) is 11.6. The average Bonchev–Trinajstić information content (AvgIpc) is 2.80. The zero-order valence-corrected chi connectivity index (χ0v) is 20.1. The lowest BCUT2D eigenvalue weighted by molar-refractivity contribution is 0.0847. The number of nitriles is 1. The number of nitrogens with one attached hydrogen (secondary N) is 1. The van der Waals surface area contributed by atoms with Crippen LogP contribution in [0.2, 0.25) is 0 Å². The smallest absolute Gasteiger partial charge is 0.407 e. The first-order chi connectivity index (χ1) is 15.7. The van der Waals surface area contributed by atoms with E-state index < -0.39 is 6.09 Å². The van der Waals surface area contributed by atoms with Crippen LogP contribution in [0.5, 0.6) is 5.75 Å². The molecule has 176 valence electrons. The highest BCUT2D eigenvalue weighted by Crippen LogP contribution is 2.29. The van der Waals surface area contributed by atoms with Crippen molar-refractivity contribution < 1.29 is 14.6 Å². The lowest BCUT2D eigenvalue weighted by Gasteiger charge is -2.38. The number of rotatable bonds is 7. The highest BCUT2D eigenvalue weighted by molar-refractivity contribution is 5.67. The van der Waals surface area contributed by atoms with Gasteiger partial charge >= 0.3 is 6.09 Å². The maximum absolute atomic E-state index is 11.8. The number of ether oxygens (including phenoxy) is 1. The summed E-state index contributed by atoms with van der Waals surface area (Å²) in [6.45, 7) is 7.47. The first-order valence-electron chi connectivity index (χ1n) is 11.6. The lowest BCUT2D eigenvalue weighted by Crippen LogP contribution is -2.47. The summed E-state index contributed by atoms with van der Waals surface area (Å²) in [6.07, 6.45) is 2.83. The SMILES string of the molecule is COc1ccc(-c2cccc(C#N)c2)cc1CNC1CCC(N(CC(C)(C)C)C(=O)O)CC1. The van der Waals surface area contributed by atoms with Gasteiger partial charge in [-0.25, -0.2) is 4.79 Å². The molecule has 0 atom stereocenters. The number of benzene rings is 2. The third-order valence-electron chi connectivity index (χ3n) is 6.21. The number of amides is 1. The molecule has 2 N–H and O–H groups in total. The Balaban J connectivity index is 1.63. The van der Waals surface area contributed by atoms with Crippen molar-refractivity contribution >= 4 is 6.09 Å². The van der Waals surface area contributed by atoms with Gasteiger partial charge in [0.2, 0.25) is 0 Å². The second-order valence-electron chi connectivity index (χ2n) is 10.1. The Morgan fingerprint density at radius 3 is 2.45 bits per heavy atom. The molecule has 6 heteroatoms. The maximum Gasteiger partial charge on any atom is 0.407 e. The molecular formula is C27H35N3O3. The Morgan fingerprint density at radius 2 is 1.85 bits per heavy atom. The summed E-state index contributed by atoms with van der Waals surface area (Å²) in [5.74, 6) is 0.832. The topological polar surface area (TPSA) is 85.6 Å². The Kier molecular flexibility index (Phi) is 7.99. The van der Waals surface area contributed by atoms with Gasteiger partial charge < -0.3 is 20.1 Å². The number of methoxy groups -OCH3 is 1. The van der Waals surface area contributed by atoms with E-state index >= 15 is 0 Å². The monoisotopic (exact) mass is 449 g/mol. The van der Waals surface area contributed by atoms with E-state index in [1.807, 2.05) is 30.3 Å². The molecular weight excluding hydrogens is 414 g/mol. The van der Waals surface area contributed by atoms with Crippen molar-refractivity contribution in [1.82, 2.24) is 10.2 Å². The minimum absolute atomic E-state index is 0.0538. The van der Waals surface area contributed by atoms with Crippen LogP contribution in [0.1, 0.15) is 57.6 Å². The summed E-state index contributed by atoms with van der Waals surface area (Å²) >= 11 is 0. The van der Waals surface area contributed by atoms with Crippen LogP contribution in [-0.2, 0) is 6.54 Å². The number of hydrogen-bond acceptors (Lipinski definition) is 4. The molecule has 33 heavy (non-hydrogen) atoms. The Morgan fingerprint density at radius 1 is 1.15 bits per heavy atom. The van der Waals surface area contributed by atoms with Crippen LogP contribution in [0.25, 0.3) is 11.1 Å². The summed E-state index contributed by atoms with van der Waals surface area (Å²) in [5.41, 5.74) is 3.71. The fourth-order valence-electron chi connectivity index (χ4n) is 4.57. The Hall–Kier alpha value is -3.04. The Labute approximate surface area is 197 Å². The van der Waals surface area contributed by atoms with Crippen LogP contribution in [0.3, 0.4) is 0 Å². The zero-order chi connectivity index (χ0) is 24.0. The van der Waals surface area contributed by atoms with E-state index in [4.69, 9.17) is 4.74 Å². The van der Waals surface area contributed by atoms with E-state index in [1.165, 1.54) is 0 Å². The summed E-state index contributed by atoms with van der Waals surface area (Å²) in [6, 6.07) is 16.3. The first kappa shape index (κ1) is 24.6. The van der Waals surface area contributed by atoms with Crippen LogP contribution >= 0.6 is 0 Å². The number of carboxylic acid groups (broad SMARTS) is 1. The van der Waals surface area contributed by atoms with E-state index in [9.17, 15) is 15.2 Å². The molecule has 2 aromatic carbocycles. The van der Waals surface area contributed by atoms with Gasteiger partial charge in [0.1, 0.15) is 5.75 Å². The molecule has 0 radical (unpaired) electrons. The van der Waals surface area contributed by atoms with Gasteiger partial charge in [-0.15, -0.1) is 0 Å². The van der Waals surface area contributed by atoms with Crippen LogP contribution in [0.15, 0.2) is 42.5 Å². The van der Waals surface area contributed by atoms with E-state index in [0.717, 1.165) is 48.1 Å². The highest BCUT2D eigenvalue weighted by atomic mass is 16.5. The molecule has 0 bridgehead atoms. The summed E-state index contributed by atoms with van der Waals surface area (Å²) < 4.78 is 5.58. The van der Waals surface area contributed by atoms with E-state index in [0.29, 0.717) is 24.7 Å². The van der Waals surface area contributed by atoms with E-state index in [1.54, 1.807) is 18.1 Å². The third-order valence-corrected chi connectivity index (χ3v) is 6.21. The van der Waals surface area contributed by atoms with Crippen LogP contribution in [-0.4, -0.2) is 41.8 Å². The average molecular weight is 450 g/mol. The predicted octanol–water partition coefficient (Wildman–Crippen LogP) is 5.66. The van der Waals surface area contributed by atoms with Crippen molar-refractivity contribution in [2.24, 2.45) is 5.41 Å². The lowest BCUT2D eigenvalue weighted by atomic mass is 9.88. The quantitative estimate of drug-likeness (QED) is 0.570. The van der Waals surface area contributed by atoms with Crippen LogP contribution in [0, 0.1) is 16.7 Å². The summed E-state index contributed by atoms with van der Waals surface area (Å²) in [5, 5.41) is 22.5. The van der Waals surface area contributed by atoms with Gasteiger partial charge in [0.05, 0.1) is 18.7 Å². The molecule has 0 saturated heterocycles. The van der Waals surface area contributed by atoms with Gasteiger partial charge in [-0.3, -0.25) is 0 Å². The molecule has 0 heterocycles. The number of carbonyl (C=O) groups is 1. The second-order valence-corrected chi connectivity index (χ2v) is 10.1. The second kappa shape index (κ2) is 10.7. The van der Waals surface area contributed by atoms with Crippen LogP contribution < -0.4 is 10.1 Å². The van der Waals surface area contributed by atoms with Crippen molar-refractivity contribution in [3.63, 3.8) is 0 Å². The summed E-state index contributed by atoms with van der Waals surface area (Å²) in [7, 11) is 1.68. The highest BCUT2D eigenvalue weighted by Gasteiger charge is 2.31. The summed E-state index contributed by atoms with van der Waals surface area (Å²) in [4.78, 5) is 13.4. The predicted molar refractivity (Wildman–Crippen MR) is 130 cm³/mol. The minimum Gasteiger partial charge on any atom is -0.496 e. The van der Waals surface area contributed by atoms with Gasteiger partial charge in [0.15, 0.2) is 0 Å². The molecule has 0 aromatic heterocycles. The molecule has 1 amide bonds. The maximum atomic E-state index is 11.8. The molecule has 1 saturated carbocycles. The van der Waals surface area contributed by atoms with Crippen molar-refractivity contribution in [1.29, 1.82) is 5.26 Å². The van der Waals surface area contributed by atoms with Gasteiger partial charge in [0, 0.05) is 30.7 Å². The molecule has 1 aliphatic rings. The van der Waals surface area contributed by atoms with Crippen molar-refractivity contribution in [3.05, 3.63) is 53.6 Å². The fourth-order valence-corrected chi connectivity index (χ4v) is 4.57. The Bertz CT molecular complexity index is 998. The van der Waals surface area contributed by atoms with Gasteiger partial charge in [-0.05, 0) is 66.5 Å². The largest absolute Gasteiger partial charge is 0.496 e. The molecule has 0 spiro atoms. The number of nitrogens with zero attached hydrogens (tertiary/aromatic N) is 2. The molecule has 1 fully saturated rings. The normalized spacial score (nSPS) is 18.4. The standard InChI is InChI=1S/C27H35N3O3/c1-27(2,3)18-30(26(31)32)24-11-9-23(10-12-24)29-17-22-15-21(8-13-25(22)33-4)20-7-5-6-19(14-20)16-28/h5-8,13-15,23-24,29H,9-12,17-18H2,1-4H3,(H,31,32). The fraction of sp³-hybridized carbons (Fsp3) is 0.481. The third kappa shape index (κ3) is 6.72. The van der Waals surface area contributed by atoms with Gasteiger partial charge in [0.25, 0.3) is 0 Å². The molecule has 2 aromatic rings. The van der Waals surface area contributed by atoms with Crippen molar-refractivity contribution in [2.45, 2.75) is 65.1 Å². The van der Waals surface area contributed by atoms with Gasteiger partial charge in [-0.1, -0.05) is 39.0 Å². The molecule has 0 aliphatic heterocycles. The van der Waals surface area contributed by atoms with Gasteiger partial charge in [-0.2, -0.15) is 5.26 Å². The van der Waals surface area contributed by atoms with Crippen LogP contribution in [0.4, 0.5) is 4.79 Å². The van der Waals surface area contributed by atoms with Crippen molar-refractivity contribution in [3.8, 4) is 22.9 Å². The zero-order valence-electron chi connectivity index (χ0n) is 20.1.